The van der Waals surface area contributed by atoms with Gasteiger partial charge >= 0.3 is 6.03 Å². The van der Waals surface area contributed by atoms with Gasteiger partial charge in [0.25, 0.3) is 0 Å². The fraction of sp³-hybridized carbons (Fsp3) is 0.111. The van der Waals surface area contributed by atoms with Gasteiger partial charge in [-0.05, 0) is 17.7 Å². The molecule has 116 valence electrons. The van der Waals surface area contributed by atoms with Crippen molar-refractivity contribution in [2.45, 2.75) is 6.54 Å². The van der Waals surface area contributed by atoms with Gasteiger partial charge in [0.05, 0.1) is 12.7 Å². The number of benzene rings is 2. The number of aromatic nitrogens is 2. The van der Waals surface area contributed by atoms with E-state index < -0.39 is 0 Å². The minimum Gasteiger partial charge on any atom is -0.336 e. The van der Waals surface area contributed by atoms with Crippen LogP contribution in [0.4, 0.5) is 10.5 Å². The first kappa shape index (κ1) is 14.8. The molecule has 1 heterocycles. The molecule has 3 aromatic rings. The summed E-state index contributed by atoms with van der Waals surface area (Å²) in [6, 6.07) is 19.2. The van der Waals surface area contributed by atoms with Crippen molar-refractivity contribution < 1.29 is 4.79 Å². The van der Waals surface area contributed by atoms with Crippen LogP contribution in [-0.4, -0.2) is 22.4 Å². The fourth-order valence-electron chi connectivity index (χ4n) is 2.25. The number of amides is 2. The standard InChI is InChI=1S/C18H18N4O/c23-18(21-17-9-5-2-6-10-17)19-11-12-22-14-16(13-20-22)15-7-3-1-4-8-15/h1-10,13-14H,11-12H2,(H2,19,21,23). The topological polar surface area (TPSA) is 59.0 Å². The molecule has 0 aliphatic carbocycles. The first-order chi connectivity index (χ1) is 11.3. The van der Waals surface area contributed by atoms with E-state index in [9.17, 15) is 4.79 Å². The average Bonchev–Trinajstić information content (AvgIpc) is 3.05. The first-order valence-corrected chi connectivity index (χ1v) is 7.49. The van der Waals surface area contributed by atoms with E-state index in [1.165, 1.54) is 0 Å². The van der Waals surface area contributed by atoms with Crippen LogP contribution in [0.5, 0.6) is 0 Å². The third kappa shape index (κ3) is 4.20. The Labute approximate surface area is 135 Å². The second-order valence-electron chi connectivity index (χ2n) is 5.11. The highest BCUT2D eigenvalue weighted by Crippen LogP contribution is 2.17. The predicted molar refractivity (Wildman–Crippen MR) is 91.1 cm³/mol. The number of para-hydroxylation sites is 1. The molecule has 0 bridgehead atoms. The Hall–Kier alpha value is -3.08. The summed E-state index contributed by atoms with van der Waals surface area (Å²) < 4.78 is 1.82. The Morgan fingerprint density at radius 2 is 1.65 bits per heavy atom. The maximum Gasteiger partial charge on any atom is 0.319 e. The molecule has 2 N–H and O–H groups in total. The van der Waals surface area contributed by atoms with E-state index in [2.05, 4.69) is 15.7 Å². The number of anilines is 1. The van der Waals surface area contributed by atoms with Crippen molar-refractivity contribution in [2.75, 3.05) is 11.9 Å². The molecular formula is C18H18N4O. The number of nitrogens with zero attached hydrogens (tertiary/aromatic N) is 2. The second-order valence-corrected chi connectivity index (χ2v) is 5.11. The molecule has 0 atom stereocenters. The van der Waals surface area contributed by atoms with Crippen LogP contribution in [0.15, 0.2) is 73.1 Å². The maximum atomic E-state index is 11.8. The van der Waals surface area contributed by atoms with E-state index in [1.807, 2.05) is 77.7 Å². The molecular weight excluding hydrogens is 288 g/mol. The Morgan fingerprint density at radius 3 is 2.39 bits per heavy atom. The molecule has 5 heteroatoms. The highest BCUT2D eigenvalue weighted by Gasteiger charge is 2.03. The van der Waals surface area contributed by atoms with Crippen molar-refractivity contribution >= 4 is 11.7 Å². The van der Waals surface area contributed by atoms with Crippen molar-refractivity contribution in [3.05, 3.63) is 73.1 Å². The summed E-state index contributed by atoms with van der Waals surface area (Å²) in [5, 5.41) is 9.92. The van der Waals surface area contributed by atoms with Gasteiger partial charge in [-0.1, -0.05) is 48.5 Å². The van der Waals surface area contributed by atoms with Gasteiger partial charge in [-0.15, -0.1) is 0 Å². The fourth-order valence-corrected chi connectivity index (χ4v) is 2.25. The Balaban J connectivity index is 1.48. The molecule has 0 saturated heterocycles. The molecule has 1 aromatic heterocycles. The summed E-state index contributed by atoms with van der Waals surface area (Å²) in [7, 11) is 0. The van der Waals surface area contributed by atoms with Gasteiger partial charge in [0, 0.05) is 24.0 Å². The molecule has 23 heavy (non-hydrogen) atoms. The van der Waals surface area contributed by atoms with Gasteiger partial charge in [0.2, 0.25) is 0 Å². The lowest BCUT2D eigenvalue weighted by molar-refractivity contribution is 0.251. The normalized spacial score (nSPS) is 10.3. The number of urea groups is 1. The highest BCUT2D eigenvalue weighted by molar-refractivity contribution is 5.89. The largest absolute Gasteiger partial charge is 0.336 e. The quantitative estimate of drug-likeness (QED) is 0.759. The molecule has 2 amide bonds. The Morgan fingerprint density at radius 1 is 0.957 bits per heavy atom. The van der Waals surface area contributed by atoms with Crippen molar-refractivity contribution in [2.24, 2.45) is 0 Å². The molecule has 0 saturated carbocycles. The smallest absolute Gasteiger partial charge is 0.319 e. The van der Waals surface area contributed by atoms with Crippen LogP contribution < -0.4 is 10.6 Å². The minimum atomic E-state index is -0.216. The lowest BCUT2D eigenvalue weighted by Crippen LogP contribution is -2.31. The Bertz CT molecular complexity index is 753. The van der Waals surface area contributed by atoms with Gasteiger partial charge in [-0.2, -0.15) is 5.10 Å². The van der Waals surface area contributed by atoms with E-state index in [4.69, 9.17) is 0 Å². The third-order valence-electron chi connectivity index (χ3n) is 3.40. The molecule has 0 aliphatic heterocycles. The third-order valence-corrected chi connectivity index (χ3v) is 3.40. The zero-order valence-electron chi connectivity index (χ0n) is 12.6. The van der Waals surface area contributed by atoms with Gasteiger partial charge in [-0.3, -0.25) is 4.68 Å². The van der Waals surface area contributed by atoms with Crippen molar-refractivity contribution in [3.63, 3.8) is 0 Å². The summed E-state index contributed by atoms with van der Waals surface area (Å²) >= 11 is 0. The molecule has 0 unspecified atom stereocenters. The van der Waals surface area contributed by atoms with Crippen molar-refractivity contribution in [1.29, 1.82) is 0 Å². The Kier molecular flexibility index (Phi) is 4.69. The van der Waals surface area contributed by atoms with Crippen molar-refractivity contribution in [1.82, 2.24) is 15.1 Å². The molecule has 3 rings (SSSR count). The van der Waals surface area contributed by atoms with Crippen LogP contribution in [-0.2, 0) is 6.54 Å². The van der Waals surface area contributed by atoms with Gasteiger partial charge < -0.3 is 10.6 Å². The summed E-state index contributed by atoms with van der Waals surface area (Å²) in [6.45, 7) is 1.13. The second kappa shape index (κ2) is 7.26. The molecule has 5 nitrogen and oxygen atoms in total. The zero-order chi connectivity index (χ0) is 15.9. The van der Waals surface area contributed by atoms with E-state index in [0.29, 0.717) is 13.1 Å². The molecule has 0 fully saturated rings. The summed E-state index contributed by atoms with van der Waals surface area (Å²) in [5.41, 5.74) is 2.98. The predicted octanol–water partition coefficient (Wildman–Crippen LogP) is 3.37. The average molecular weight is 306 g/mol. The van der Waals surface area contributed by atoms with Gasteiger partial charge in [0.15, 0.2) is 0 Å². The number of rotatable bonds is 5. The van der Waals surface area contributed by atoms with Gasteiger partial charge in [0.1, 0.15) is 0 Å². The van der Waals surface area contributed by atoms with Crippen LogP contribution >= 0.6 is 0 Å². The molecule has 0 spiro atoms. The van der Waals surface area contributed by atoms with E-state index >= 15 is 0 Å². The van der Waals surface area contributed by atoms with Crippen LogP contribution in [0.25, 0.3) is 11.1 Å². The SMILES string of the molecule is O=C(NCCn1cc(-c2ccccc2)cn1)Nc1ccccc1. The number of carbonyl (C=O) groups is 1. The lowest BCUT2D eigenvalue weighted by atomic mass is 10.1. The maximum absolute atomic E-state index is 11.8. The minimum absolute atomic E-state index is 0.216. The zero-order valence-corrected chi connectivity index (χ0v) is 12.6. The number of carbonyl (C=O) groups excluding carboxylic acids is 1. The van der Waals surface area contributed by atoms with Gasteiger partial charge in [-0.25, -0.2) is 4.79 Å². The van der Waals surface area contributed by atoms with Crippen molar-refractivity contribution in [3.8, 4) is 11.1 Å². The first-order valence-electron chi connectivity index (χ1n) is 7.49. The highest BCUT2D eigenvalue weighted by atomic mass is 16.2. The van der Waals surface area contributed by atoms with Crippen LogP contribution in [0.1, 0.15) is 0 Å². The van der Waals surface area contributed by atoms with Crippen LogP contribution in [0.3, 0.4) is 0 Å². The van der Waals surface area contributed by atoms with Crippen LogP contribution in [0.2, 0.25) is 0 Å². The summed E-state index contributed by atoms with van der Waals surface area (Å²) in [6.07, 6.45) is 3.81. The lowest BCUT2D eigenvalue weighted by Gasteiger charge is -2.07. The molecule has 0 radical (unpaired) electrons. The number of hydrogen-bond acceptors (Lipinski definition) is 2. The van der Waals surface area contributed by atoms with E-state index in [1.54, 1.807) is 0 Å². The molecule has 0 aliphatic rings. The monoisotopic (exact) mass is 306 g/mol. The van der Waals surface area contributed by atoms with E-state index in [-0.39, 0.29) is 6.03 Å². The molecule has 2 aromatic carbocycles. The number of hydrogen-bond donors (Lipinski definition) is 2. The summed E-state index contributed by atoms with van der Waals surface area (Å²) in [5.74, 6) is 0. The van der Waals surface area contributed by atoms with Crippen LogP contribution in [0, 0.1) is 0 Å². The van der Waals surface area contributed by atoms with E-state index in [0.717, 1.165) is 16.8 Å². The number of nitrogens with one attached hydrogen (secondary N) is 2. The summed E-state index contributed by atoms with van der Waals surface area (Å²) in [4.78, 5) is 11.8.